The Balaban J connectivity index is 1.91. The van der Waals surface area contributed by atoms with Crippen molar-refractivity contribution in [2.24, 2.45) is 5.92 Å². The summed E-state index contributed by atoms with van der Waals surface area (Å²) in [5.74, 6) is -0.378. The van der Waals surface area contributed by atoms with E-state index in [2.05, 4.69) is 10.6 Å². The van der Waals surface area contributed by atoms with Crippen molar-refractivity contribution in [1.82, 2.24) is 10.6 Å². The average molecular weight is 346 g/mol. The second-order valence-electron chi connectivity index (χ2n) is 7.63. The molecule has 0 bridgehead atoms. The maximum atomic E-state index is 12.5. The number of nitrogens with one attached hydrogen (secondary N) is 2. The first-order valence-electron chi connectivity index (χ1n) is 9.15. The van der Waals surface area contributed by atoms with Gasteiger partial charge in [-0.25, -0.2) is 0 Å². The van der Waals surface area contributed by atoms with Crippen molar-refractivity contribution in [3.8, 4) is 0 Å². The van der Waals surface area contributed by atoms with Gasteiger partial charge in [-0.1, -0.05) is 36.8 Å². The van der Waals surface area contributed by atoms with Gasteiger partial charge in [0.1, 0.15) is 5.60 Å². The van der Waals surface area contributed by atoms with Crippen molar-refractivity contribution >= 4 is 11.8 Å². The van der Waals surface area contributed by atoms with Gasteiger partial charge in [0, 0.05) is 24.4 Å². The van der Waals surface area contributed by atoms with Gasteiger partial charge in [0.15, 0.2) is 0 Å². The van der Waals surface area contributed by atoms with E-state index in [0.717, 1.165) is 24.8 Å². The molecule has 1 aromatic carbocycles. The molecule has 0 aromatic heterocycles. The largest absolute Gasteiger partial charge is 0.380 e. The van der Waals surface area contributed by atoms with Gasteiger partial charge in [0.25, 0.3) is 5.91 Å². The molecule has 3 atom stereocenters. The van der Waals surface area contributed by atoms with Crippen LogP contribution in [0.25, 0.3) is 0 Å². The van der Waals surface area contributed by atoms with Gasteiger partial charge in [0.05, 0.1) is 0 Å². The summed E-state index contributed by atoms with van der Waals surface area (Å²) >= 11 is 0. The van der Waals surface area contributed by atoms with Crippen molar-refractivity contribution in [1.29, 1.82) is 0 Å². The lowest BCUT2D eigenvalue weighted by atomic mass is 9.84. The van der Waals surface area contributed by atoms with Crippen LogP contribution in [0.3, 0.4) is 0 Å². The SMILES string of the molecule is CC(C)NC(=O)[C@@H]1CCC[C@H](NC(=O)[C@](C)(O)Cc2ccccc2)C1. The Kier molecular flexibility index (Phi) is 6.59. The van der Waals surface area contributed by atoms with Crippen LogP contribution >= 0.6 is 0 Å². The second-order valence-corrected chi connectivity index (χ2v) is 7.63. The Hall–Kier alpha value is -1.88. The first kappa shape index (κ1) is 19.4. The lowest BCUT2D eigenvalue weighted by molar-refractivity contribution is -0.139. The van der Waals surface area contributed by atoms with Crippen molar-refractivity contribution in [3.63, 3.8) is 0 Å². The predicted octanol–water partition coefficient (Wildman–Crippen LogP) is 2.18. The number of amides is 2. The summed E-state index contributed by atoms with van der Waals surface area (Å²) in [4.78, 5) is 24.7. The average Bonchev–Trinajstić information content (AvgIpc) is 2.55. The van der Waals surface area contributed by atoms with Crippen LogP contribution in [0.5, 0.6) is 0 Å². The molecule has 0 spiro atoms. The van der Waals surface area contributed by atoms with Gasteiger partial charge in [-0.2, -0.15) is 0 Å². The Morgan fingerprint density at radius 2 is 1.92 bits per heavy atom. The van der Waals surface area contributed by atoms with E-state index in [4.69, 9.17) is 0 Å². The molecule has 0 unspecified atom stereocenters. The first-order chi connectivity index (χ1) is 11.8. The molecular weight excluding hydrogens is 316 g/mol. The summed E-state index contributed by atoms with van der Waals surface area (Å²) in [5.41, 5.74) is -0.547. The number of carbonyl (C=O) groups excluding carboxylic acids is 2. The van der Waals surface area contributed by atoms with Crippen molar-refractivity contribution in [2.45, 2.75) is 70.6 Å². The van der Waals surface area contributed by atoms with Gasteiger partial charge in [-0.15, -0.1) is 0 Å². The quantitative estimate of drug-likeness (QED) is 0.739. The van der Waals surface area contributed by atoms with Crippen LogP contribution in [0.1, 0.15) is 52.0 Å². The van der Waals surface area contributed by atoms with Gasteiger partial charge in [-0.05, 0) is 45.6 Å². The Morgan fingerprint density at radius 3 is 2.56 bits per heavy atom. The number of aliphatic hydroxyl groups is 1. The molecule has 138 valence electrons. The summed E-state index contributed by atoms with van der Waals surface area (Å²) in [7, 11) is 0. The fourth-order valence-electron chi connectivity index (χ4n) is 3.38. The Morgan fingerprint density at radius 1 is 1.24 bits per heavy atom. The van der Waals surface area contributed by atoms with Crippen molar-refractivity contribution < 1.29 is 14.7 Å². The molecule has 1 aliphatic rings. The highest BCUT2D eigenvalue weighted by atomic mass is 16.3. The van der Waals surface area contributed by atoms with E-state index >= 15 is 0 Å². The van der Waals surface area contributed by atoms with Gasteiger partial charge in [-0.3, -0.25) is 9.59 Å². The Labute approximate surface area is 150 Å². The fraction of sp³-hybridized carbons (Fsp3) is 0.600. The Bertz CT molecular complexity index is 584. The van der Waals surface area contributed by atoms with E-state index in [0.29, 0.717) is 6.42 Å². The molecule has 3 N–H and O–H groups in total. The molecule has 0 saturated heterocycles. The molecule has 1 aromatic rings. The monoisotopic (exact) mass is 346 g/mol. The van der Waals surface area contributed by atoms with Crippen LogP contribution < -0.4 is 10.6 Å². The molecule has 25 heavy (non-hydrogen) atoms. The summed E-state index contributed by atoms with van der Waals surface area (Å²) < 4.78 is 0. The summed E-state index contributed by atoms with van der Waals surface area (Å²) in [5, 5.41) is 16.5. The highest BCUT2D eigenvalue weighted by Crippen LogP contribution is 2.25. The van der Waals surface area contributed by atoms with Crippen LogP contribution in [0, 0.1) is 5.92 Å². The van der Waals surface area contributed by atoms with Crippen LogP contribution in [-0.2, 0) is 16.0 Å². The van der Waals surface area contributed by atoms with E-state index in [1.165, 1.54) is 0 Å². The third kappa shape index (κ3) is 5.85. The summed E-state index contributed by atoms with van der Waals surface area (Å²) in [6, 6.07) is 9.54. The third-order valence-electron chi connectivity index (χ3n) is 4.69. The summed E-state index contributed by atoms with van der Waals surface area (Å²) in [6.07, 6.45) is 3.50. The lowest BCUT2D eigenvalue weighted by Crippen LogP contribution is -2.51. The summed E-state index contributed by atoms with van der Waals surface area (Å²) in [6.45, 7) is 5.43. The number of hydrogen-bond donors (Lipinski definition) is 3. The number of carbonyl (C=O) groups is 2. The molecule has 5 nitrogen and oxygen atoms in total. The smallest absolute Gasteiger partial charge is 0.252 e. The van der Waals surface area contributed by atoms with E-state index in [1.807, 2.05) is 44.2 Å². The minimum atomic E-state index is -1.46. The van der Waals surface area contributed by atoms with Crippen LogP contribution in [0.4, 0.5) is 0 Å². The molecule has 1 fully saturated rings. The maximum Gasteiger partial charge on any atom is 0.252 e. The molecule has 1 aliphatic carbocycles. The van der Waals surface area contributed by atoms with E-state index in [1.54, 1.807) is 6.92 Å². The molecule has 0 aliphatic heterocycles. The molecule has 2 amide bonds. The lowest BCUT2D eigenvalue weighted by Gasteiger charge is -2.32. The molecule has 0 heterocycles. The molecular formula is C20H30N2O3. The van der Waals surface area contributed by atoms with E-state index < -0.39 is 5.60 Å². The number of rotatable bonds is 6. The minimum absolute atomic E-state index is 0.0602. The molecule has 0 radical (unpaired) electrons. The third-order valence-corrected chi connectivity index (χ3v) is 4.69. The molecule has 2 rings (SSSR count). The number of hydrogen-bond acceptors (Lipinski definition) is 3. The van der Waals surface area contributed by atoms with Crippen LogP contribution in [0.2, 0.25) is 0 Å². The standard InChI is InChI=1S/C20H30N2O3/c1-14(2)21-18(23)16-10-7-11-17(12-16)22-19(24)20(3,25)13-15-8-5-4-6-9-15/h4-6,8-9,14,16-17,25H,7,10-13H2,1-3H3,(H,21,23)(H,22,24)/t16-,17+,20-/m1/s1. The first-order valence-corrected chi connectivity index (χ1v) is 9.15. The van der Waals surface area contributed by atoms with Crippen LogP contribution in [-0.4, -0.2) is 34.6 Å². The van der Waals surface area contributed by atoms with Gasteiger partial charge >= 0.3 is 0 Å². The minimum Gasteiger partial charge on any atom is -0.380 e. The zero-order valence-electron chi connectivity index (χ0n) is 15.4. The normalized spacial score (nSPS) is 22.9. The van der Waals surface area contributed by atoms with Crippen LogP contribution in [0.15, 0.2) is 30.3 Å². The molecule has 5 heteroatoms. The highest BCUT2D eigenvalue weighted by molar-refractivity contribution is 5.85. The molecule has 1 saturated carbocycles. The fourth-order valence-corrected chi connectivity index (χ4v) is 3.38. The zero-order chi connectivity index (χ0) is 18.4. The predicted molar refractivity (Wildman–Crippen MR) is 97.9 cm³/mol. The number of benzene rings is 1. The highest BCUT2D eigenvalue weighted by Gasteiger charge is 2.34. The maximum absolute atomic E-state index is 12.5. The zero-order valence-corrected chi connectivity index (χ0v) is 15.4. The van der Waals surface area contributed by atoms with Crippen molar-refractivity contribution in [2.75, 3.05) is 0 Å². The van der Waals surface area contributed by atoms with E-state index in [-0.39, 0.29) is 36.2 Å². The van der Waals surface area contributed by atoms with Crippen molar-refractivity contribution in [3.05, 3.63) is 35.9 Å². The van der Waals surface area contributed by atoms with E-state index in [9.17, 15) is 14.7 Å². The second kappa shape index (κ2) is 8.48. The van der Waals surface area contributed by atoms with Gasteiger partial charge < -0.3 is 15.7 Å². The topological polar surface area (TPSA) is 78.4 Å². The van der Waals surface area contributed by atoms with Gasteiger partial charge in [0.2, 0.25) is 5.91 Å².